The van der Waals surface area contributed by atoms with E-state index in [1.165, 1.54) is 31.2 Å². The number of fused-ring (bicyclic) bond motifs is 14. The third-order valence-electron chi connectivity index (χ3n) is 23.1. The standard InChI is InChI=1S/C48H46N4O.C47H43N3O2/c1-29-22-24-31(51-39-19-13-14-20-40(39)52-38-18-12-11-17-36(38)50-45(51)52)28-32(29)43-30(2)23-27-37(49-43)42-34(46(3,4)5)25-26-35-44(42)53-41-21-15-10-16-33(41)47(6,7)48(35,8)9;1-9-30-21-23-39-43(52-45-49-37-14-10-11-15-38(37)50(39)45)41(30)32-20-17-28(3)34(26-32)33-25-31(19-16-27(33)2)40-29(4)18-22-35-42(40)51-44-36(13-12-24-48-44)47(7,8)46(35,5)6/h10-28H,1-9H3;10-26H,9H2,1-8H3/i1D3,2D3;2D3,3D3,4D3,9D2. The second-order valence-electron chi connectivity index (χ2n) is 30.8. The summed E-state index contributed by atoms with van der Waals surface area (Å²) >= 11 is 0. The summed E-state index contributed by atoms with van der Waals surface area (Å²) in [4.78, 5) is 19.6. The number of aromatic nitrogens is 7. The lowest BCUT2D eigenvalue weighted by Gasteiger charge is -2.42. The van der Waals surface area contributed by atoms with Crippen molar-refractivity contribution >= 4 is 55.8 Å². The summed E-state index contributed by atoms with van der Waals surface area (Å²) < 4.78 is 175. The molecule has 10 nitrogen and oxygen atoms in total. The van der Waals surface area contributed by atoms with Crippen molar-refractivity contribution in [3.05, 3.63) is 280 Å². The minimum atomic E-state index is -2.76. The van der Waals surface area contributed by atoms with Crippen LogP contribution in [-0.2, 0) is 33.4 Å². The van der Waals surface area contributed by atoms with Gasteiger partial charge in [-0.25, -0.2) is 15.0 Å². The average molecular weight is 1390 g/mol. The molecule has 0 spiro atoms. The molecule has 10 aromatic carbocycles. The Kier molecular flexibility index (Phi) is 11.5. The SMILES string of the molecule is [2H]C([2H])([2H])c1ccc(-c2c(C([2H])([2H])[2H])ccc3c2Oc2ncccc2C(C)(C)C3(C)C)cc1-c1cc(-c2c(C([2H])([2H])C)ccc3c2oc2nc4ccccc4n23)ccc1C([2H])([2H])[2H].[2H]C([2H])([2H])c1ccc(-n2c3ccccc3n3c4ccccc4nc23)cc1-c1nc(-c2c(C(C)(C)C)ccc3c2Oc2ccccc2C(C)(C)C3(C)C)ccc1C([2H])([2H])[2H]. The zero-order valence-electron chi connectivity index (χ0n) is 77.6. The number of hydrogen-bond donors (Lipinski definition) is 0. The van der Waals surface area contributed by atoms with Crippen LogP contribution in [0.2, 0.25) is 0 Å². The normalized spacial score (nSPS) is 18.0. The summed E-state index contributed by atoms with van der Waals surface area (Å²) in [6, 6.07) is 63.7. The Morgan fingerprint density at radius 1 is 0.448 bits per heavy atom. The van der Waals surface area contributed by atoms with Crippen LogP contribution in [0.4, 0.5) is 0 Å². The van der Waals surface area contributed by atoms with E-state index in [0.29, 0.717) is 62.1 Å². The first-order valence-corrected chi connectivity index (χ1v) is 35.4. The van der Waals surface area contributed by atoms with Crippen molar-refractivity contribution in [1.29, 1.82) is 0 Å². The number of para-hydroxylation sites is 7. The fourth-order valence-electron chi connectivity index (χ4n) is 16.0. The summed E-state index contributed by atoms with van der Waals surface area (Å²) in [5.74, 6) is 2.85. The summed E-state index contributed by atoms with van der Waals surface area (Å²) in [5, 5.41) is 0. The van der Waals surface area contributed by atoms with Crippen molar-refractivity contribution in [2.24, 2.45) is 0 Å². The van der Waals surface area contributed by atoms with Crippen molar-refractivity contribution < 1.29 is 37.2 Å². The Bertz CT molecular complexity index is 6990. The molecule has 2 aliphatic rings. The van der Waals surface area contributed by atoms with Gasteiger partial charge in [-0.05, 0) is 192 Å². The number of rotatable bonds is 7. The number of imidazole rings is 3. The third-order valence-corrected chi connectivity index (χ3v) is 23.1. The van der Waals surface area contributed by atoms with E-state index in [0.717, 1.165) is 61.2 Å². The van der Waals surface area contributed by atoms with Gasteiger partial charge in [0.15, 0.2) is 5.58 Å². The molecule has 0 saturated heterocycles. The van der Waals surface area contributed by atoms with Crippen LogP contribution in [0.3, 0.4) is 0 Å². The summed E-state index contributed by atoms with van der Waals surface area (Å²) in [6.45, 7) is 11.6. The Hall–Kier alpha value is -11.4. The lowest BCUT2D eigenvalue weighted by atomic mass is 9.60. The van der Waals surface area contributed by atoms with E-state index in [1.807, 2.05) is 112 Å². The van der Waals surface area contributed by atoms with Crippen LogP contribution < -0.4 is 9.47 Å². The van der Waals surface area contributed by atoms with Gasteiger partial charge in [-0.1, -0.05) is 210 Å². The Morgan fingerprint density at radius 3 is 1.70 bits per heavy atom. The van der Waals surface area contributed by atoms with E-state index >= 15 is 0 Å². The van der Waals surface area contributed by atoms with Crippen molar-refractivity contribution in [3.8, 4) is 84.7 Å². The van der Waals surface area contributed by atoms with Crippen molar-refractivity contribution in [2.75, 3.05) is 0 Å². The van der Waals surface area contributed by atoms with Gasteiger partial charge in [-0.3, -0.25) is 13.4 Å². The first-order valence-electron chi connectivity index (χ1n) is 43.9. The van der Waals surface area contributed by atoms with Gasteiger partial charge in [0.2, 0.25) is 11.7 Å². The number of ether oxygens (including phenoxy) is 2. The molecule has 0 N–H and O–H groups in total. The Labute approximate surface area is 638 Å². The third kappa shape index (κ3) is 10.2. The zero-order valence-corrected chi connectivity index (χ0v) is 60.6. The molecular weight excluding hydrogens is 1290 g/mol. The second kappa shape index (κ2) is 24.1. The minimum Gasteiger partial charge on any atom is -0.456 e. The van der Waals surface area contributed by atoms with Gasteiger partial charge in [0.25, 0.3) is 0 Å². The number of oxazole rings is 1. The molecule has 0 radical (unpaired) electrons. The van der Waals surface area contributed by atoms with Crippen LogP contribution in [0.25, 0.3) is 117 Å². The molecule has 0 saturated carbocycles. The van der Waals surface area contributed by atoms with Crippen molar-refractivity contribution in [1.82, 2.24) is 33.3 Å². The zero-order chi connectivity index (χ0) is 87.4. The summed E-state index contributed by atoms with van der Waals surface area (Å²) in [7, 11) is 0. The van der Waals surface area contributed by atoms with Crippen LogP contribution in [0.1, 0.15) is 168 Å². The first-order chi connectivity index (χ1) is 57.0. The minimum absolute atomic E-state index is 0.00613. The topological polar surface area (TPSA) is 96.9 Å². The molecular formula is C95H89N7O3. The fourth-order valence-corrected chi connectivity index (χ4v) is 16.0. The quantitative estimate of drug-likeness (QED) is 0.157. The summed E-state index contributed by atoms with van der Waals surface area (Å²) in [6.07, 6.45) is -0.314. The molecule has 2 aliphatic heterocycles. The molecule has 0 aliphatic carbocycles. The summed E-state index contributed by atoms with van der Waals surface area (Å²) in [5.41, 5.74) is 11.2. The average Bonchev–Trinajstić information content (AvgIpc) is 1.53. The Balaban J connectivity index is 0.000000174. The van der Waals surface area contributed by atoms with Crippen molar-refractivity contribution in [2.45, 2.75) is 151 Å². The number of aryl methyl sites for hydroxylation is 6. The highest BCUT2D eigenvalue weighted by Gasteiger charge is 2.48. The fraction of sp³-hybridized carbons (Fsp3) is 0.242. The van der Waals surface area contributed by atoms with Crippen LogP contribution in [-0.4, -0.2) is 33.3 Å². The Morgan fingerprint density at radius 2 is 1.01 bits per heavy atom. The maximum absolute atomic E-state index is 8.90. The van der Waals surface area contributed by atoms with Gasteiger partial charge in [-0.2, -0.15) is 4.98 Å². The van der Waals surface area contributed by atoms with E-state index in [2.05, 4.69) is 109 Å². The van der Waals surface area contributed by atoms with Gasteiger partial charge in [-0.15, -0.1) is 0 Å². The van der Waals surface area contributed by atoms with Gasteiger partial charge >= 0.3 is 5.84 Å². The molecule has 10 heteroatoms. The van der Waals surface area contributed by atoms with Crippen LogP contribution in [0.5, 0.6) is 23.1 Å². The van der Waals surface area contributed by atoms with Gasteiger partial charge in [0.1, 0.15) is 17.2 Å². The molecule has 6 aromatic heterocycles. The van der Waals surface area contributed by atoms with E-state index in [1.54, 1.807) is 72.9 Å². The van der Waals surface area contributed by atoms with E-state index in [-0.39, 0.29) is 89.3 Å². The molecule has 8 heterocycles. The smallest absolute Gasteiger partial charge is 0.307 e. The largest absolute Gasteiger partial charge is 0.456 e. The molecule has 0 bridgehead atoms. The van der Waals surface area contributed by atoms with Gasteiger partial charge in [0, 0.05) is 101 Å². The molecule has 0 fully saturated rings. The molecule has 105 heavy (non-hydrogen) atoms. The second-order valence-corrected chi connectivity index (χ2v) is 30.8. The van der Waals surface area contributed by atoms with E-state index < -0.39 is 56.9 Å². The highest BCUT2D eigenvalue weighted by molar-refractivity contribution is 5.99. The molecule has 0 unspecified atom stereocenters. The van der Waals surface area contributed by atoms with Crippen LogP contribution in [0.15, 0.2) is 223 Å². The first kappa shape index (κ1) is 50.1. The van der Waals surface area contributed by atoms with Gasteiger partial charge in [0.05, 0.1) is 50.0 Å². The van der Waals surface area contributed by atoms with Crippen LogP contribution >= 0.6 is 0 Å². The van der Waals surface area contributed by atoms with Crippen molar-refractivity contribution in [3.63, 3.8) is 0 Å². The molecule has 16 aromatic rings. The van der Waals surface area contributed by atoms with Gasteiger partial charge < -0.3 is 13.9 Å². The molecule has 0 amide bonds. The number of benzene rings is 10. The maximum Gasteiger partial charge on any atom is 0.307 e. The highest BCUT2D eigenvalue weighted by Crippen LogP contribution is 2.58. The predicted octanol–water partition coefficient (Wildman–Crippen LogP) is 24.9. The lowest BCUT2D eigenvalue weighted by Crippen LogP contribution is -2.39. The predicted molar refractivity (Wildman–Crippen MR) is 432 cm³/mol. The van der Waals surface area contributed by atoms with E-state index in [9.17, 15) is 0 Å². The number of hydrogen-bond acceptors (Lipinski definition) is 7. The highest BCUT2D eigenvalue weighted by atomic mass is 16.5. The molecule has 0 atom stereocenters. The maximum atomic E-state index is 8.90. The van der Waals surface area contributed by atoms with Crippen LogP contribution in [0, 0.1) is 34.3 Å². The molecule has 522 valence electrons. The monoisotopic (exact) mass is 1390 g/mol. The molecule has 18 rings (SSSR count). The number of nitrogens with zero attached hydrogens (tertiary/aromatic N) is 7. The number of pyridine rings is 2. The van der Waals surface area contributed by atoms with E-state index in [4.69, 9.17) is 47.2 Å². The lowest BCUT2D eigenvalue weighted by molar-refractivity contribution is 0.305.